The molecule has 2 rings (SSSR count). The van der Waals surface area contributed by atoms with Crippen molar-refractivity contribution in [2.45, 2.75) is 58.8 Å². The van der Waals surface area contributed by atoms with E-state index in [0.29, 0.717) is 0 Å². The molecule has 0 fully saturated rings. The van der Waals surface area contributed by atoms with Crippen LogP contribution in [-0.4, -0.2) is 23.9 Å². The van der Waals surface area contributed by atoms with Gasteiger partial charge >= 0.3 is 6.09 Å². The minimum atomic E-state index is -0.497. The van der Waals surface area contributed by atoms with Crippen molar-refractivity contribution in [2.75, 3.05) is 5.32 Å². The van der Waals surface area contributed by atoms with Crippen LogP contribution >= 0.6 is 0 Å². The maximum absolute atomic E-state index is 11.7. The number of hydrogen-bond acceptors (Lipinski definition) is 3. The van der Waals surface area contributed by atoms with Gasteiger partial charge in [0.1, 0.15) is 5.60 Å². The second-order valence-corrected chi connectivity index (χ2v) is 6.75. The van der Waals surface area contributed by atoms with E-state index in [1.807, 2.05) is 52.0 Å². The summed E-state index contributed by atoms with van der Waals surface area (Å²) < 4.78 is 10.9. The van der Waals surface area contributed by atoms with Gasteiger partial charge in [-0.1, -0.05) is 18.2 Å². The summed E-state index contributed by atoms with van der Waals surface area (Å²) in [5, 5.41) is 2.74. The van der Waals surface area contributed by atoms with Gasteiger partial charge in [-0.05, 0) is 64.3 Å². The van der Waals surface area contributed by atoms with E-state index >= 15 is 0 Å². The van der Waals surface area contributed by atoms with Crippen molar-refractivity contribution >= 4 is 17.4 Å². The van der Waals surface area contributed by atoms with E-state index in [1.165, 1.54) is 5.57 Å². The van der Waals surface area contributed by atoms with Crippen LogP contribution in [0.5, 0.6) is 0 Å². The molecule has 2 atom stereocenters. The van der Waals surface area contributed by atoms with E-state index in [1.54, 1.807) is 0 Å². The van der Waals surface area contributed by atoms with E-state index in [-0.39, 0.29) is 12.2 Å². The van der Waals surface area contributed by atoms with Crippen LogP contribution in [0.1, 0.15) is 46.6 Å². The summed E-state index contributed by atoms with van der Waals surface area (Å²) in [5.41, 5.74) is 2.68. The Morgan fingerprint density at radius 3 is 2.41 bits per heavy atom. The molecule has 1 heterocycles. The van der Waals surface area contributed by atoms with Crippen LogP contribution in [0.4, 0.5) is 10.5 Å². The predicted octanol–water partition coefficient (Wildman–Crippen LogP) is 4.61. The third-order valence-corrected chi connectivity index (χ3v) is 3.29. The highest BCUT2D eigenvalue weighted by molar-refractivity contribution is 5.85. The van der Waals surface area contributed by atoms with E-state index in [2.05, 4.69) is 18.3 Å². The molecule has 120 valence electrons. The van der Waals surface area contributed by atoms with Crippen molar-refractivity contribution in [3.8, 4) is 0 Å². The zero-order valence-electron chi connectivity index (χ0n) is 14.0. The lowest BCUT2D eigenvalue weighted by molar-refractivity contribution is 0.0304. The van der Waals surface area contributed by atoms with Crippen LogP contribution < -0.4 is 5.32 Å². The molecule has 0 saturated carbocycles. The largest absolute Gasteiger partial charge is 0.444 e. The molecular formula is C18H25NO3. The number of carbonyl (C=O) groups excluding carboxylic acids is 1. The number of carbonyl (C=O) groups is 1. The Morgan fingerprint density at radius 2 is 1.86 bits per heavy atom. The van der Waals surface area contributed by atoms with Gasteiger partial charge in [-0.3, -0.25) is 5.32 Å². The van der Waals surface area contributed by atoms with Crippen molar-refractivity contribution in [2.24, 2.45) is 0 Å². The smallest absolute Gasteiger partial charge is 0.412 e. The van der Waals surface area contributed by atoms with Gasteiger partial charge in [0.2, 0.25) is 0 Å². The van der Waals surface area contributed by atoms with Crippen LogP contribution in [-0.2, 0) is 9.47 Å². The number of benzene rings is 1. The Bertz CT molecular complexity index is 555. The molecule has 4 heteroatoms. The first-order chi connectivity index (χ1) is 10.2. The minimum absolute atomic E-state index is 0.137. The molecule has 0 unspecified atom stereocenters. The number of nitrogens with one attached hydrogen (secondary N) is 1. The SMILES string of the molecule is C[C@@H]1CC(c2ccc(NC(=O)OC(C)(C)C)cc2)=C[C@H](C)O1. The third kappa shape index (κ3) is 4.88. The maximum atomic E-state index is 11.7. The second kappa shape index (κ2) is 6.53. The molecule has 0 aliphatic carbocycles. The normalized spacial score (nSPS) is 22.0. The average molecular weight is 303 g/mol. The van der Waals surface area contributed by atoms with Gasteiger partial charge in [-0.2, -0.15) is 0 Å². The van der Waals surface area contributed by atoms with E-state index in [9.17, 15) is 4.79 Å². The van der Waals surface area contributed by atoms with Gasteiger partial charge in [-0.15, -0.1) is 0 Å². The molecule has 0 aromatic heterocycles. The number of amides is 1. The summed E-state index contributed by atoms with van der Waals surface area (Å²) in [6, 6.07) is 7.82. The summed E-state index contributed by atoms with van der Waals surface area (Å²) in [6.07, 6.45) is 2.99. The standard InChI is InChI=1S/C18H25NO3/c1-12-10-15(11-13(2)21-12)14-6-8-16(9-7-14)19-17(20)22-18(3,4)5/h6-10,12-13H,11H2,1-5H3,(H,19,20)/t12-,13+/m0/s1. The molecule has 0 bridgehead atoms. The highest BCUT2D eigenvalue weighted by Gasteiger charge is 2.18. The third-order valence-electron chi connectivity index (χ3n) is 3.29. The lowest BCUT2D eigenvalue weighted by Crippen LogP contribution is -2.27. The lowest BCUT2D eigenvalue weighted by Gasteiger charge is -2.25. The Kier molecular flexibility index (Phi) is 4.91. The summed E-state index contributed by atoms with van der Waals surface area (Å²) in [7, 11) is 0. The van der Waals surface area contributed by atoms with Crippen LogP contribution in [0.3, 0.4) is 0 Å². The molecule has 1 aromatic rings. The average Bonchev–Trinajstić information content (AvgIpc) is 2.36. The van der Waals surface area contributed by atoms with Gasteiger partial charge in [-0.25, -0.2) is 4.79 Å². The van der Waals surface area contributed by atoms with Crippen molar-refractivity contribution in [3.63, 3.8) is 0 Å². The molecule has 22 heavy (non-hydrogen) atoms. The first-order valence-electron chi connectivity index (χ1n) is 7.69. The number of rotatable bonds is 2. The summed E-state index contributed by atoms with van der Waals surface area (Å²) >= 11 is 0. The molecule has 1 aliphatic rings. The van der Waals surface area contributed by atoms with E-state index in [0.717, 1.165) is 17.7 Å². The van der Waals surface area contributed by atoms with Crippen molar-refractivity contribution in [1.82, 2.24) is 0 Å². The zero-order valence-corrected chi connectivity index (χ0v) is 14.0. The molecule has 0 spiro atoms. The summed E-state index contributed by atoms with van der Waals surface area (Å²) in [6.45, 7) is 9.66. The van der Waals surface area contributed by atoms with Crippen LogP contribution in [0.15, 0.2) is 30.3 Å². The number of ether oxygens (including phenoxy) is 2. The Morgan fingerprint density at radius 1 is 1.23 bits per heavy atom. The van der Waals surface area contributed by atoms with Crippen molar-refractivity contribution in [1.29, 1.82) is 0 Å². The van der Waals surface area contributed by atoms with Crippen LogP contribution in [0.2, 0.25) is 0 Å². The molecule has 1 aliphatic heterocycles. The summed E-state index contributed by atoms with van der Waals surface area (Å²) in [5.74, 6) is 0. The maximum Gasteiger partial charge on any atom is 0.412 e. The van der Waals surface area contributed by atoms with Gasteiger partial charge in [0.15, 0.2) is 0 Å². The first kappa shape index (κ1) is 16.6. The Hall–Kier alpha value is -1.81. The fourth-order valence-corrected chi connectivity index (χ4v) is 2.52. The van der Waals surface area contributed by atoms with Crippen LogP contribution in [0.25, 0.3) is 5.57 Å². The van der Waals surface area contributed by atoms with Crippen molar-refractivity contribution in [3.05, 3.63) is 35.9 Å². The quantitative estimate of drug-likeness (QED) is 0.867. The van der Waals surface area contributed by atoms with Gasteiger partial charge in [0, 0.05) is 5.69 Å². The topological polar surface area (TPSA) is 47.6 Å². The molecule has 1 amide bonds. The highest BCUT2D eigenvalue weighted by atomic mass is 16.6. The monoisotopic (exact) mass is 303 g/mol. The fraction of sp³-hybridized carbons (Fsp3) is 0.500. The first-order valence-corrected chi connectivity index (χ1v) is 7.69. The molecule has 1 N–H and O–H groups in total. The molecule has 0 radical (unpaired) electrons. The zero-order chi connectivity index (χ0) is 16.3. The lowest BCUT2D eigenvalue weighted by atomic mass is 9.96. The van der Waals surface area contributed by atoms with Gasteiger partial charge in [0.05, 0.1) is 12.2 Å². The number of anilines is 1. The minimum Gasteiger partial charge on any atom is -0.444 e. The summed E-state index contributed by atoms with van der Waals surface area (Å²) in [4.78, 5) is 11.7. The van der Waals surface area contributed by atoms with E-state index in [4.69, 9.17) is 9.47 Å². The van der Waals surface area contributed by atoms with Crippen molar-refractivity contribution < 1.29 is 14.3 Å². The Balaban J connectivity index is 2.03. The molecule has 1 aromatic carbocycles. The molecule has 0 saturated heterocycles. The molecule has 4 nitrogen and oxygen atoms in total. The predicted molar refractivity (Wildman–Crippen MR) is 88.9 cm³/mol. The Labute approximate surface area is 132 Å². The van der Waals surface area contributed by atoms with Crippen LogP contribution in [0, 0.1) is 0 Å². The fourth-order valence-electron chi connectivity index (χ4n) is 2.52. The van der Waals surface area contributed by atoms with Gasteiger partial charge < -0.3 is 9.47 Å². The number of hydrogen-bond donors (Lipinski definition) is 1. The second-order valence-electron chi connectivity index (χ2n) is 6.75. The highest BCUT2D eigenvalue weighted by Crippen LogP contribution is 2.28. The van der Waals surface area contributed by atoms with E-state index < -0.39 is 11.7 Å². The molecular weight excluding hydrogens is 278 g/mol. The van der Waals surface area contributed by atoms with Gasteiger partial charge in [0.25, 0.3) is 0 Å².